The standard InChI is InChI=1S/C16H11BrFNO3/c17-13-8-4-3-7-12(13)16(22-9-18)19-14(20)10-5-1-2-6-11(10)15(19)21/h1-8,16H,9H2. The first-order valence-corrected chi connectivity index (χ1v) is 7.33. The molecule has 0 aromatic heterocycles. The Morgan fingerprint density at radius 3 is 2.09 bits per heavy atom. The van der Waals surface area contributed by atoms with E-state index in [4.69, 9.17) is 4.74 Å². The van der Waals surface area contributed by atoms with Crippen LogP contribution in [-0.2, 0) is 4.74 Å². The van der Waals surface area contributed by atoms with Crippen LogP contribution in [0.2, 0.25) is 0 Å². The molecule has 2 aromatic carbocycles. The molecule has 0 saturated heterocycles. The second-order valence-corrected chi connectivity index (χ2v) is 5.53. The van der Waals surface area contributed by atoms with Crippen molar-refractivity contribution in [2.45, 2.75) is 6.23 Å². The van der Waals surface area contributed by atoms with Crippen molar-refractivity contribution in [3.63, 3.8) is 0 Å². The largest absolute Gasteiger partial charge is 0.322 e. The van der Waals surface area contributed by atoms with Crippen LogP contribution in [0.5, 0.6) is 0 Å². The van der Waals surface area contributed by atoms with Crippen LogP contribution in [0.3, 0.4) is 0 Å². The zero-order valence-corrected chi connectivity index (χ0v) is 12.9. The molecule has 1 aliphatic rings. The highest BCUT2D eigenvalue weighted by Gasteiger charge is 2.41. The third-order valence-corrected chi connectivity index (χ3v) is 4.17. The number of nitrogens with zero attached hydrogens (tertiary/aromatic N) is 1. The summed E-state index contributed by atoms with van der Waals surface area (Å²) in [5.74, 6) is -0.982. The summed E-state index contributed by atoms with van der Waals surface area (Å²) in [6.45, 7) is -1.11. The SMILES string of the molecule is O=C1c2ccccc2C(=O)N1C(OCF)c1ccccc1Br. The molecule has 1 aliphatic heterocycles. The van der Waals surface area contributed by atoms with Gasteiger partial charge in [-0.25, -0.2) is 9.29 Å². The van der Waals surface area contributed by atoms with Gasteiger partial charge in [-0.1, -0.05) is 46.3 Å². The van der Waals surface area contributed by atoms with Gasteiger partial charge in [-0.15, -0.1) is 0 Å². The second-order valence-electron chi connectivity index (χ2n) is 4.68. The number of amides is 2. The first kappa shape index (κ1) is 14.9. The molecule has 0 spiro atoms. The Labute approximate surface area is 134 Å². The first-order valence-electron chi connectivity index (χ1n) is 6.54. The van der Waals surface area contributed by atoms with Gasteiger partial charge in [0.2, 0.25) is 0 Å². The fourth-order valence-electron chi connectivity index (χ4n) is 2.46. The lowest BCUT2D eigenvalue weighted by molar-refractivity contribution is -0.0679. The maximum atomic E-state index is 12.8. The van der Waals surface area contributed by atoms with Gasteiger partial charge in [-0.05, 0) is 18.2 Å². The lowest BCUT2D eigenvalue weighted by Gasteiger charge is -2.26. The fourth-order valence-corrected chi connectivity index (χ4v) is 2.94. The minimum atomic E-state index is -1.12. The molecule has 2 amide bonds. The van der Waals surface area contributed by atoms with Crippen LogP contribution in [0.25, 0.3) is 0 Å². The first-order chi connectivity index (χ1) is 10.6. The Balaban J connectivity index is 2.06. The normalized spacial score (nSPS) is 15.1. The molecule has 6 heteroatoms. The maximum Gasteiger partial charge on any atom is 0.263 e. The number of hydrogen-bond acceptors (Lipinski definition) is 3. The summed E-state index contributed by atoms with van der Waals surface area (Å²) in [5.41, 5.74) is 1.11. The van der Waals surface area contributed by atoms with Crippen molar-refractivity contribution < 1.29 is 18.7 Å². The van der Waals surface area contributed by atoms with Crippen molar-refractivity contribution in [2.24, 2.45) is 0 Å². The Morgan fingerprint density at radius 2 is 1.55 bits per heavy atom. The van der Waals surface area contributed by atoms with E-state index in [9.17, 15) is 14.0 Å². The summed E-state index contributed by atoms with van der Waals surface area (Å²) < 4.78 is 18.5. The van der Waals surface area contributed by atoms with Crippen molar-refractivity contribution in [1.29, 1.82) is 0 Å². The quantitative estimate of drug-likeness (QED) is 0.778. The number of rotatable bonds is 4. The highest BCUT2D eigenvalue weighted by atomic mass is 79.9. The number of imide groups is 1. The van der Waals surface area contributed by atoms with E-state index < -0.39 is 24.9 Å². The minimum absolute atomic E-state index is 0.298. The molecule has 0 fully saturated rings. The van der Waals surface area contributed by atoms with E-state index in [2.05, 4.69) is 15.9 Å². The predicted molar refractivity (Wildman–Crippen MR) is 80.9 cm³/mol. The van der Waals surface area contributed by atoms with Crippen molar-refractivity contribution in [2.75, 3.05) is 6.86 Å². The zero-order valence-electron chi connectivity index (χ0n) is 11.3. The number of alkyl halides is 1. The molecule has 2 aromatic rings. The predicted octanol–water partition coefficient (Wildman–Crippen LogP) is 3.69. The van der Waals surface area contributed by atoms with Crippen molar-refractivity contribution in [3.8, 4) is 0 Å². The summed E-state index contributed by atoms with van der Waals surface area (Å²) in [6, 6.07) is 13.4. The second kappa shape index (κ2) is 5.98. The molecule has 1 heterocycles. The van der Waals surface area contributed by atoms with Gasteiger partial charge in [0.25, 0.3) is 11.8 Å². The lowest BCUT2D eigenvalue weighted by Crippen LogP contribution is -2.35. The van der Waals surface area contributed by atoms with Crippen LogP contribution in [0, 0.1) is 0 Å². The molecular weight excluding hydrogens is 353 g/mol. The number of benzene rings is 2. The molecule has 112 valence electrons. The van der Waals surface area contributed by atoms with Gasteiger partial charge in [0.1, 0.15) is 0 Å². The van der Waals surface area contributed by atoms with Crippen molar-refractivity contribution >= 4 is 27.7 Å². The molecule has 1 unspecified atom stereocenters. The molecule has 0 radical (unpaired) electrons. The molecule has 22 heavy (non-hydrogen) atoms. The molecule has 0 N–H and O–H groups in total. The highest BCUT2D eigenvalue weighted by Crippen LogP contribution is 2.35. The van der Waals surface area contributed by atoms with Gasteiger partial charge >= 0.3 is 0 Å². The summed E-state index contributed by atoms with van der Waals surface area (Å²) >= 11 is 3.34. The monoisotopic (exact) mass is 363 g/mol. The Morgan fingerprint density at radius 1 is 1.00 bits per heavy atom. The third kappa shape index (κ3) is 2.34. The van der Waals surface area contributed by atoms with E-state index in [0.29, 0.717) is 21.2 Å². The van der Waals surface area contributed by atoms with Crippen molar-refractivity contribution in [1.82, 2.24) is 4.90 Å². The van der Waals surface area contributed by atoms with Gasteiger partial charge in [-0.3, -0.25) is 9.59 Å². The van der Waals surface area contributed by atoms with Gasteiger partial charge in [0.15, 0.2) is 13.1 Å². The molecular formula is C16H11BrFNO3. The van der Waals surface area contributed by atoms with Gasteiger partial charge in [0.05, 0.1) is 11.1 Å². The van der Waals surface area contributed by atoms with Crippen LogP contribution in [0.1, 0.15) is 32.5 Å². The fraction of sp³-hybridized carbons (Fsp3) is 0.125. The number of carbonyl (C=O) groups excluding carboxylic acids is 2. The average Bonchev–Trinajstić information content (AvgIpc) is 2.78. The van der Waals surface area contributed by atoms with Crippen LogP contribution in [-0.4, -0.2) is 23.6 Å². The summed E-state index contributed by atoms with van der Waals surface area (Å²) in [6.07, 6.45) is -1.12. The molecule has 1 atom stereocenters. The average molecular weight is 364 g/mol. The third-order valence-electron chi connectivity index (χ3n) is 3.45. The van der Waals surface area contributed by atoms with Gasteiger partial charge in [0, 0.05) is 10.0 Å². The topological polar surface area (TPSA) is 46.6 Å². The summed E-state index contributed by atoms with van der Waals surface area (Å²) in [5, 5.41) is 0. The molecule has 3 rings (SSSR count). The number of halogens is 2. The van der Waals surface area contributed by atoms with E-state index in [-0.39, 0.29) is 0 Å². The number of carbonyl (C=O) groups is 2. The smallest absolute Gasteiger partial charge is 0.263 e. The van der Waals surface area contributed by atoms with Crippen LogP contribution in [0.15, 0.2) is 53.0 Å². The van der Waals surface area contributed by atoms with Crippen LogP contribution in [0.4, 0.5) is 4.39 Å². The van der Waals surface area contributed by atoms with Crippen LogP contribution >= 0.6 is 15.9 Å². The highest BCUT2D eigenvalue weighted by molar-refractivity contribution is 9.10. The van der Waals surface area contributed by atoms with Gasteiger partial charge in [-0.2, -0.15) is 0 Å². The zero-order chi connectivity index (χ0) is 15.7. The van der Waals surface area contributed by atoms with Crippen LogP contribution < -0.4 is 0 Å². The Bertz CT molecular complexity index is 715. The van der Waals surface area contributed by atoms with Crippen molar-refractivity contribution in [3.05, 3.63) is 69.7 Å². The molecule has 0 aliphatic carbocycles. The minimum Gasteiger partial charge on any atom is -0.322 e. The molecule has 0 bridgehead atoms. The van der Waals surface area contributed by atoms with E-state index in [1.807, 2.05) is 0 Å². The Kier molecular flexibility index (Phi) is 4.04. The molecule has 0 saturated carbocycles. The van der Waals surface area contributed by atoms with E-state index in [0.717, 1.165) is 4.90 Å². The van der Waals surface area contributed by atoms with E-state index in [1.165, 1.54) is 0 Å². The maximum absolute atomic E-state index is 12.8. The lowest BCUT2D eigenvalue weighted by atomic mass is 10.1. The number of fused-ring (bicyclic) bond motifs is 1. The van der Waals surface area contributed by atoms with Gasteiger partial charge < -0.3 is 4.74 Å². The van der Waals surface area contributed by atoms with E-state index >= 15 is 0 Å². The Hall–Kier alpha value is -2.05. The van der Waals surface area contributed by atoms with E-state index in [1.54, 1.807) is 48.5 Å². The summed E-state index contributed by atoms with van der Waals surface area (Å²) in [4.78, 5) is 25.9. The molecule has 4 nitrogen and oxygen atoms in total. The number of hydrogen-bond donors (Lipinski definition) is 0. The number of ether oxygens (including phenoxy) is 1. The summed E-state index contributed by atoms with van der Waals surface area (Å²) in [7, 11) is 0.